The number of halogens is 1. The first-order chi connectivity index (χ1) is 11.6. The largest absolute Gasteiger partial charge is 0.387 e. The molecular weight excluding hydrogens is 324 g/mol. The lowest BCUT2D eigenvalue weighted by molar-refractivity contribution is 0.191. The summed E-state index contributed by atoms with van der Waals surface area (Å²) in [5.41, 5.74) is 8.60. The van der Waals surface area contributed by atoms with E-state index >= 15 is 0 Å². The molecule has 0 radical (unpaired) electrons. The van der Waals surface area contributed by atoms with Crippen molar-refractivity contribution in [2.75, 3.05) is 17.6 Å². The summed E-state index contributed by atoms with van der Waals surface area (Å²) in [6.45, 7) is 0.289. The number of nitrogens with two attached hydrogens (primary N) is 1. The molecule has 0 fully saturated rings. The Morgan fingerprint density at radius 3 is 2.33 bits per heavy atom. The van der Waals surface area contributed by atoms with E-state index < -0.39 is 6.10 Å². The van der Waals surface area contributed by atoms with Crippen molar-refractivity contribution < 1.29 is 5.11 Å². The number of aliphatic hydroxyl groups is 1. The van der Waals surface area contributed by atoms with Crippen LogP contribution in [0.4, 0.5) is 11.8 Å². The van der Waals surface area contributed by atoms with E-state index in [1.165, 1.54) is 0 Å². The van der Waals surface area contributed by atoms with Crippen LogP contribution in [0.1, 0.15) is 11.7 Å². The van der Waals surface area contributed by atoms with Crippen LogP contribution in [0, 0.1) is 0 Å². The van der Waals surface area contributed by atoms with E-state index in [4.69, 9.17) is 17.3 Å². The molecule has 5 nitrogen and oxygen atoms in total. The number of hydrogen-bond donors (Lipinski definition) is 3. The molecule has 0 amide bonds. The number of benzene rings is 2. The van der Waals surface area contributed by atoms with Gasteiger partial charge in [-0.2, -0.15) is 4.98 Å². The third-order valence-corrected chi connectivity index (χ3v) is 3.78. The summed E-state index contributed by atoms with van der Waals surface area (Å²) in [6.07, 6.45) is -0.676. The maximum atomic E-state index is 10.3. The normalized spacial score (nSPS) is 11.9. The highest BCUT2D eigenvalue weighted by Crippen LogP contribution is 2.22. The molecule has 4 N–H and O–H groups in total. The van der Waals surface area contributed by atoms with E-state index in [2.05, 4.69) is 27.4 Å². The smallest absolute Gasteiger partial charge is 0.223 e. The minimum atomic E-state index is -0.676. The maximum Gasteiger partial charge on any atom is 0.223 e. The monoisotopic (exact) mass is 340 g/mol. The molecule has 0 spiro atoms. The molecule has 1 atom stereocenters. The Bertz CT molecular complexity index is 789. The molecule has 1 aromatic heterocycles. The molecule has 0 aliphatic heterocycles. The number of nitrogens with zero attached hydrogens (tertiary/aromatic N) is 2. The molecule has 3 aromatic rings. The first-order valence-electron chi connectivity index (χ1n) is 7.49. The van der Waals surface area contributed by atoms with Crippen LogP contribution in [0.2, 0.25) is 5.15 Å². The summed E-state index contributed by atoms with van der Waals surface area (Å²) in [5.74, 6) is 0.569. The van der Waals surface area contributed by atoms with Crippen LogP contribution >= 0.6 is 11.6 Å². The maximum absolute atomic E-state index is 10.3. The van der Waals surface area contributed by atoms with E-state index in [9.17, 15) is 5.11 Å². The lowest BCUT2D eigenvalue weighted by Crippen LogP contribution is -2.13. The average molecular weight is 341 g/mol. The van der Waals surface area contributed by atoms with Gasteiger partial charge >= 0.3 is 0 Å². The molecule has 0 aliphatic carbocycles. The topological polar surface area (TPSA) is 84.1 Å². The quantitative estimate of drug-likeness (QED) is 0.619. The van der Waals surface area contributed by atoms with Gasteiger partial charge in [0.1, 0.15) is 11.0 Å². The van der Waals surface area contributed by atoms with Crippen LogP contribution in [0.3, 0.4) is 0 Å². The standard InChI is InChI=1S/C18H17ClN4O/c19-16-10-17(23-18(20)22-16)21-11-15(24)14-8-6-13(7-9-14)12-4-2-1-3-5-12/h1-10,15,24H,11H2,(H3,20,21,22,23). The fourth-order valence-corrected chi connectivity index (χ4v) is 2.56. The number of hydrogen-bond acceptors (Lipinski definition) is 5. The summed E-state index contributed by atoms with van der Waals surface area (Å²) in [4.78, 5) is 7.80. The SMILES string of the molecule is Nc1nc(Cl)cc(NCC(O)c2ccc(-c3ccccc3)cc2)n1. The zero-order valence-corrected chi connectivity index (χ0v) is 13.6. The number of nitrogen functional groups attached to an aromatic ring is 1. The van der Waals surface area contributed by atoms with Crippen LogP contribution in [0.25, 0.3) is 11.1 Å². The minimum Gasteiger partial charge on any atom is -0.387 e. The fourth-order valence-electron chi connectivity index (χ4n) is 2.37. The molecule has 0 saturated carbocycles. The highest BCUT2D eigenvalue weighted by atomic mass is 35.5. The van der Waals surface area contributed by atoms with Gasteiger partial charge in [0.05, 0.1) is 6.10 Å². The van der Waals surface area contributed by atoms with Crippen molar-refractivity contribution in [2.24, 2.45) is 0 Å². The highest BCUT2D eigenvalue weighted by molar-refractivity contribution is 6.29. The average Bonchev–Trinajstić information content (AvgIpc) is 2.60. The number of rotatable bonds is 5. The van der Waals surface area contributed by atoms with Crippen LogP contribution in [-0.4, -0.2) is 21.6 Å². The van der Waals surface area contributed by atoms with Gasteiger partial charge in [0.25, 0.3) is 0 Å². The second kappa shape index (κ2) is 7.29. The predicted molar refractivity (Wildman–Crippen MR) is 96.8 cm³/mol. The Kier molecular flexibility index (Phi) is 4.93. The van der Waals surface area contributed by atoms with Crippen LogP contribution in [-0.2, 0) is 0 Å². The first-order valence-corrected chi connectivity index (χ1v) is 7.87. The van der Waals surface area contributed by atoms with Gasteiger partial charge in [-0.05, 0) is 16.7 Å². The third kappa shape index (κ3) is 4.01. The zero-order chi connectivity index (χ0) is 16.9. The van der Waals surface area contributed by atoms with E-state index in [-0.39, 0.29) is 17.6 Å². The van der Waals surface area contributed by atoms with Crippen molar-refractivity contribution in [1.29, 1.82) is 0 Å². The van der Waals surface area contributed by atoms with Gasteiger partial charge in [0, 0.05) is 12.6 Å². The molecule has 1 heterocycles. The molecule has 122 valence electrons. The Balaban J connectivity index is 1.66. The fraction of sp³-hybridized carbons (Fsp3) is 0.111. The number of aromatic nitrogens is 2. The minimum absolute atomic E-state index is 0.0895. The van der Waals surface area contributed by atoms with Crippen LogP contribution in [0.5, 0.6) is 0 Å². The zero-order valence-electron chi connectivity index (χ0n) is 12.9. The lowest BCUT2D eigenvalue weighted by Gasteiger charge is -2.13. The molecule has 0 bridgehead atoms. The van der Waals surface area contributed by atoms with Gasteiger partial charge in [0.2, 0.25) is 5.95 Å². The van der Waals surface area contributed by atoms with Gasteiger partial charge in [0.15, 0.2) is 0 Å². The molecule has 3 rings (SSSR count). The van der Waals surface area contributed by atoms with Crippen LogP contribution < -0.4 is 11.1 Å². The van der Waals surface area contributed by atoms with Gasteiger partial charge in [-0.3, -0.25) is 0 Å². The van der Waals surface area contributed by atoms with E-state index in [0.717, 1.165) is 16.7 Å². The second-order valence-electron chi connectivity index (χ2n) is 5.32. The molecule has 6 heteroatoms. The van der Waals surface area contributed by atoms with Gasteiger partial charge < -0.3 is 16.2 Å². The van der Waals surface area contributed by atoms with E-state index in [1.807, 2.05) is 42.5 Å². The van der Waals surface area contributed by atoms with Gasteiger partial charge in [-0.25, -0.2) is 4.98 Å². The summed E-state index contributed by atoms with van der Waals surface area (Å²) in [7, 11) is 0. The predicted octanol–water partition coefficient (Wildman–Crippen LogP) is 3.52. The van der Waals surface area contributed by atoms with Gasteiger partial charge in [-0.1, -0.05) is 66.2 Å². The molecule has 0 aliphatic rings. The summed E-state index contributed by atoms with van der Waals surface area (Å²) in [5, 5.41) is 13.6. The summed E-state index contributed by atoms with van der Waals surface area (Å²) in [6, 6.07) is 19.5. The third-order valence-electron chi connectivity index (χ3n) is 3.59. The van der Waals surface area contributed by atoms with E-state index in [1.54, 1.807) is 6.07 Å². The van der Waals surface area contributed by atoms with Crippen molar-refractivity contribution >= 4 is 23.4 Å². The second-order valence-corrected chi connectivity index (χ2v) is 5.71. The Labute approximate surface area is 145 Å². The first kappa shape index (κ1) is 16.2. The van der Waals surface area contributed by atoms with Gasteiger partial charge in [-0.15, -0.1) is 0 Å². The van der Waals surface area contributed by atoms with Crippen molar-refractivity contribution in [3.8, 4) is 11.1 Å². The molecule has 0 saturated heterocycles. The van der Waals surface area contributed by atoms with Crippen molar-refractivity contribution in [3.05, 3.63) is 71.4 Å². The van der Waals surface area contributed by atoms with E-state index in [0.29, 0.717) is 5.82 Å². The van der Waals surface area contributed by atoms with Crippen molar-refractivity contribution in [1.82, 2.24) is 9.97 Å². The molecular formula is C18H17ClN4O. The number of anilines is 2. The Morgan fingerprint density at radius 2 is 1.67 bits per heavy atom. The molecule has 1 unspecified atom stereocenters. The molecule has 24 heavy (non-hydrogen) atoms. The molecule has 2 aromatic carbocycles. The lowest BCUT2D eigenvalue weighted by atomic mass is 10.0. The van der Waals surface area contributed by atoms with Crippen molar-refractivity contribution in [3.63, 3.8) is 0 Å². The van der Waals surface area contributed by atoms with Crippen molar-refractivity contribution in [2.45, 2.75) is 6.10 Å². The summed E-state index contributed by atoms with van der Waals surface area (Å²) < 4.78 is 0. The Hall–Kier alpha value is -2.63. The Morgan fingerprint density at radius 1 is 1.00 bits per heavy atom. The highest BCUT2D eigenvalue weighted by Gasteiger charge is 2.09. The van der Waals surface area contributed by atoms with Crippen LogP contribution in [0.15, 0.2) is 60.7 Å². The summed E-state index contributed by atoms with van der Waals surface area (Å²) >= 11 is 5.82. The number of aliphatic hydroxyl groups excluding tert-OH is 1. The number of nitrogens with one attached hydrogen (secondary N) is 1.